The fourth-order valence-corrected chi connectivity index (χ4v) is 9.33. The van der Waals surface area contributed by atoms with Gasteiger partial charge in [0.15, 0.2) is 0 Å². The molecule has 2 nitrogen and oxygen atoms in total. The molecule has 0 radical (unpaired) electrons. The molecule has 260 valence electrons. The van der Waals surface area contributed by atoms with E-state index in [-0.39, 0.29) is 0 Å². The van der Waals surface area contributed by atoms with Gasteiger partial charge in [-0.1, -0.05) is 152 Å². The molecule has 56 heavy (non-hydrogen) atoms. The van der Waals surface area contributed by atoms with Gasteiger partial charge in [-0.05, 0) is 110 Å². The predicted octanol–water partition coefficient (Wildman–Crippen LogP) is 15.0. The van der Waals surface area contributed by atoms with E-state index in [1.54, 1.807) is 0 Å². The summed E-state index contributed by atoms with van der Waals surface area (Å²) in [5, 5.41) is 4.72. The highest BCUT2D eigenvalue weighted by molar-refractivity contribution is 6.15. The Hall–Kier alpha value is -7.42. The normalized spacial score (nSPS) is 11.9. The molecule has 0 aliphatic heterocycles. The van der Waals surface area contributed by atoms with Crippen molar-refractivity contribution in [1.29, 1.82) is 0 Å². The first-order valence-electron chi connectivity index (χ1n) is 19.3. The molecular formula is C54H33NO. The number of aromatic nitrogens is 1. The third kappa shape index (κ3) is 4.50. The van der Waals surface area contributed by atoms with Crippen LogP contribution in [0.1, 0.15) is 0 Å². The number of hydrogen-bond donors (Lipinski definition) is 0. The van der Waals surface area contributed by atoms with Crippen LogP contribution in [0.3, 0.4) is 0 Å². The number of rotatable bonds is 3. The summed E-state index contributed by atoms with van der Waals surface area (Å²) in [5.74, 6) is 0. The van der Waals surface area contributed by atoms with Gasteiger partial charge in [-0.3, -0.25) is 0 Å². The second kappa shape index (κ2) is 12.0. The summed E-state index contributed by atoms with van der Waals surface area (Å²) in [6.07, 6.45) is 0. The first-order chi connectivity index (χ1) is 27.8. The van der Waals surface area contributed by atoms with E-state index in [0.29, 0.717) is 0 Å². The van der Waals surface area contributed by atoms with Gasteiger partial charge < -0.3 is 8.98 Å². The lowest BCUT2D eigenvalue weighted by Gasteiger charge is -2.26. The van der Waals surface area contributed by atoms with Gasteiger partial charge in [0.05, 0.1) is 11.0 Å². The van der Waals surface area contributed by atoms with Gasteiger partial charge in [0.2, 0.25) is 0 Å². The van der Waals surface area contributed by atoms with E-state index in [1.165, 1.54) is 71.9 Å². The summed E-state index contributed by atoms with van der Waals surface area (Å²) in [4.78, 5) is 0. The molecular weight excluding hydrogens is 679 g/mol. The lowest BCUT2D eigenvalue weighted by atomic mass is 9.77. The van der Waals surface area contributed by atoms with E-state index in [2.05, 4.69) is 205 Å². The summed E-state index contributed by atoms with van der Waals surface area (Å²) >= 11 is 0. The van der Waals surface area contributed by atoms with Crippen molar-refractivity contribution in [3.05, 3.63) is 200 Å². The van der Waals surface area contributed by atoms with Gasteiger partial charge in [0, 0.05) is 32.8 Å². The zero-order chi connectivity index (χ0) is 36.7. The molecule has 0 amide bonds. The van der Waals surface area contributed by atoms with E-state index >= 15 is 0 Å². The van der Waals surface area contributed by atoms with Crippen molar-refractivity contribution in [2.24, 2.45) is 0 Å². The topological polar surface area (TPSA) is 18.1 Å². The number of para-hydroxylation sites is 4. The van der Waals surface area contributed by atoms with Crippen LogP contribution < -0.4 is 0 Å². The molecule has 9 aromatic carbocycles. The van der Waals surface area contributed by atoms with Crippen LogP contribution >= 0.6 is 0 Å². The van der Waals surface area contributed by atoms with Crippen LogP contribution in [0, 0.1) is 0 Å². The standard InChI is InChI=1S/C54H33NO/c1-2-15-36(16-3-1)55-50-27-12-10-22-42(50)47-31-34(29-30-51(47)55)35-32-48-41-21-7-6-19-39(41)37-17-4-5-18-38(37)40-20-8-9-24-44(40)53(48)49(33-35)46-26-14-25-45-43-23-11-13-28-52(43)56-54(45)46/h1-33H. The molecule has 0 unspecified atom stereocenters. The van der Waals surface area contributed by atoms with Crippen LogP contribution in [-0.4, -0.2) is 4.57 Å². The van der Waals surface area contributed by atoms with Gasteiger partial charge in [-0.15, -0.1) is 0 Å². The molecule has 1 aliphatic rings. The van der Waals surface area contributed by atoms with E-state index in [9.17, 15) is 0 Å². The number of fused-ring (bicyclic) bond motifs is 14. The maximum absolute atomic E-state index is 6.79. The number of hydrogen-bond acceptors (Lipinski definition) is 1. The molecule has 11 aromatic rings. The minimum atomic E-state index is 0.897. The Morgan fingerprint density at radius 2 is 0.821 bits per heavy atom. The lowest BCUT2D eigenvalue weighted by Crippen LogP contribution is -2.00. The number of nitrogens with zero attached hydrogens (tertiary/aromatic N) is 1. The molecule has 0 atom stereocenters. The van der Waals surface area contributed by atoms with E-state index in [0.717, 1.165) is 44.3 Å². The van der Waals surface area contributed by atoms with Crippen LogP contribution in [0.15, 0.2) is 205 Å². The van der Waals surface area contributed by atoms with Crippen LogP contribution in [0.5, 0.6) is 0 Å². The number of benzene rings is 9. The predicted molar refractivity (Wildman–Crippen MR) is 234 cm³/mol. The van der Waals surface area contributed by atoms with Gasteiger partial charge in [-0.25, -0.2) is 0 Å². The van der Waals surface area contributed by atoms with Crippen molar-refractivity contribution in [3.8, 4) is 72.4 Å². The van der Waals surface area contributed by atoms with E-state index in [4.69, 9.17) is 4.42 Å². The van der Waals surface area contributed by atoms with Gasteiger partial charge in [0.1, 0.15) is 11.2 Å². The van der Waals surface area contributed by atoms with Crippen LogP contribution in [0.2, 0.25) is 0 Å². The van der Waals surface area contributed by atoms with Crippen molar-refractivity contribution < 1.29 is 4.42 Å². The maximum atomic E-state index is 6.79. The second-order valence-corrected chi connectivity index (χ2v) is 14.8. The average molecular weight is 712 g/mol. The van der Waals surface area contributed by atoms with Gasteiger partial charge >= 0.3 is 0 Å². The average Bonchev–Trinajstić information content (AvgIpc) is 3.81. The second-order valence-electron chi connectivity index (χ2n) is 14.8. The highest BCUT2D eigenvalue weighted by Gasteiger charge is 2.27. The Morgan fingerprint density at radius 3 is 1.55 bits per heavy atom. The van der Waals surface area contributed by atoms with E-state index in [1.807, 2.05) is 0 Å². The molecule has 0 fully saturated rings. The molecule has 0 saturated carbocycles. The first kappa shape index (κ1) is 31.0. The third-order valence-corrected chi connectivity index (χ3v) is 11.8. The Morgan fingerprint density at radius 1 is 0.304 bits per heavy atom. The quantitative estimate of drug-likeness (QED) is 0.178. The molecule has 2 heterocycles. The minimum absolute atomic E-state index is 0.897. The fourth-order valence-electron chi connectivity index (χ4n) is 9.33. The molecule has 12 rings (SSSR count). The van der Waals surface area contributed by atoms with Crippen molar-refractivity contribution in [2.75, 3.05) is 0 Å². The van der Waals surface area contributed by atoms with Crippen molar-refractivity contribution in [3.63, 3.8) is 0 Å². The van der Waals surface area contributed by atoms with Crippen molar-refractivity contribution in [1.82, 2.24) is 4.57 Å². The summed E-state index contributed by atoms with van der Waals surface area (Å²) in [7, 11) is 0. The van der Waals surface area contributed by atoms with Crippen molar-refractivity contribution >= 4 is 43.7 Å². The Kier molecular flexibility index (Phi) is 6.66. The summed E-state index contributed by atoms with van der Waals surface area (Å²) < 4.78 is 9.17. The molecule has 1 aliphatic carbocycles. The molecule has 2 aromatic heterocycles. The highest BCUT2D eigenvalue weighted by Crippen LogP contribution is 2.53. The molecule has 2 heteroatoms. The fraction of sp³-hybridized carbons (Fsp3) is 0. The Balaban J connectivity index is 1.21. The third-order valence-electron chi connectivity index (χ3n) is 11.8. The summed E-state index contributed by atoms with van der Waals surface area (Å²) in [5.41, 5.74) is 19.7. The monoisotopic (exact) mass is 711 g/mol. The molecule has 0 N–H and O–H groups in total. The zero-order valence-electron chi connectivity index (χ0n) is 30.4. The highest BCUT2D eigenvalue weighted by atomic mass is 16.3. The number of furan rings is 1. The van der Waals surface area contributed by atoms with Crippen LogP contribution in [0.4, 0.5) is 0 Å². The largest absolute Gasteiger partial charge is 0.455 e. The molecule has 0 saturated heterocycles. The SMILES string of the molecule is c1ccc(-n2c3ccccc3c3cc(-c4cc5c(c(-c6cccc7c6oc6ccccc67)c4)-c4ccccc4-c4ccccc4-c4ccccc4-5)ccc32)cc1. The van der Waals surface area contributed by atoms with Gasteiger partial charge in [0.25, 0.3) is 0 Å². The Bertz CT molecular complexity index is 3360. The molecule has 0 spiro atoms. The maximum Gasteiger partial charge on any atom is 0.143 e. The molecule has 0 bridgehead atoms. The van der Waals surface area contributed by atoms with Crippen LogP contribution in [0.25, 0.3) is 116 Å². The van der Waals surface area contributed by atoms with Crippen LogP contribution in [-0.2, 0) is 0 Å². The summed E-state index contributed by atoms with van der Waals surface area (Å²) in [6.45, 7) is 0. The zero-order valence-corrected chi connectivity index (χ0v) is 30.4. The lowest BCUT2D eigenvalue weighted by molar-refractivity contribution is 0.670. The smallest absolute Gasteiger partial charge is 0.143 e. The van der Waals surface area contributed by atoms with E-state index < -0.39 is 0 Å². The minimum Gasteiger partial charge on any atom is -0.455 e. The summed E-state index contributed by atoms with van der Waals surface area (Å²) in [6, 6.07) is 72.9. The van der Waals surface area contributed by atoms with Crippen molar-refractivity contribution in [2.45, 2.75) is 0 Å². The first-order valence-corrected chi connectivity index (χ1v) is 19.3. The van der Waals surface area contributed by atoms with Gasteiger partial charge in [-0.2, -0.15) is 0 Å². The Labute approximate surface area is 324 Å².